The smallest absolute Gasteiger partial charge is 0.246 e. The van der Waals surface area contributed by atoms with E-state index in [4.69, 9.17) is 9.47 Å². The molecule has 1 spiro atoms. The van der Waals surface area contributed by atoms with Crippen molar-refractivity contribution in [1.82, 2.24) is 10.2 Å². The number of anilines is 1. The molecule has 2 aliphatic carbocycles. The summed E-state index contributed by atoms with van der Waals surface area (Å²) in [6.45, 7) is 0. The van der Waals surface area contributed by atoms with Crippen LogP contribution >= 0.6 is 0 Å². The Morgan fingerprint density at radius 1 is 0.973 bits per heavy atom. The summed E-state index contributed by atoms with van der Waals surface area (Å²) in [6, 6.07) is 6.52. The Morgan fingerprint density at radius 2 is 1.65 bits per heavy atom. The molecule has 2 N–H and O–H groups in total. The standard InChI is InChI=1S/C29H37N3O5/c1-36-21-14-12-19(13-15-21)30-26(33)23-22-16-17-29(37-22)24(23)28(35)32(20-10-6-3-7-11-20)25(29)27(34)31-18-8-4-2-5-9-18/h12-18,20,22-25H,2-11H2,1H3,(H,30,33)(H,31,34)/t22-,23?,24-,25?,29?/m1/s1. The first-order valence-corrected chi connectivity index (χ1v) is 14.0. The molecule has 1 aromatic rings. The van der Waals surface area contributed by atoms with Crippen molar-refractivity contribution in [3.63, 3.8) is 0 Å². The van der Waals surface area contributed by atoms with Gasteiger partial charge in [-0.15, -0.1) is 0 Å². The van der Waals surface area contributed by atoms with Crippen LogP contribution in [0.3, 0.4) is 0 Å². The van der Waals surface area contributed by atoms with Crippen LogP contribution in [0.4, 0.5) is 5.69 Å². The molecule has 1 aromatic carbocycles. The lowest BCUT2D eigenvalue weighted by Gasteiger charge is -2.39. The second-order valence-electron chi connectivity index (χ2n) is 11.3. The molecule has 3 amide bonds. The van der Waals surface area contributed by atoms with Crippen molar-refractivity contribution in [2.24, 2.45) is 11.8 Å². The molecule has 6 rings (SSSR count). The SMILES string of the molecule is COc1ccc(NC(=O)C2[C@H]3C=CC4(O3)C(C(=O)NC3CCCCC3)N(C3CCCCC3)C(=O)[C@@H]24)cc1. The number of likely N-dealkylation sites (tertiary alicyclic amines) is 1. The number of methoxy groups -OCH3 is 1. The zero-order valence-electron chi connectivity index (χ0n) is 21.5. The van der Waals surface area contributed by atoms with E-state index in [1.165, 1.54) is 6.42 Å². The van der Waals surface area contributed by atoms with Crippen molar-refractivity contribution in [3.05, 3.63) is 36.4 Å². The molecule has 8 heteroatoms. The minimum absolute atomic E-state index is 0.00433. The molecule has 37 heavy (non-hydrogen) atoms. The highest BCUT2D eigenvalue weighted by Gasteiger charge is 2.73. The summed E-state index contributed by atoms with van der Waals surface area (Å²) in [7, 11) is 1.59. The first kappa shape index (κ1) is 24.5. The fourth-order valence-electron chi connectivity index (χ4n) is 7.39. The first-order valence-electron chi connectivity index (χ1n) is 14.0. The topological polar surface area (TPSA) is 97.0 Å². The van der Waals surface area contributed by atoms with Crippen LogP contribution in [0, 0.1) is 11.8 Å². The zero-order valence-corrected chi connectivity index (χ0v) is 21.5. The Morgan fingerprint density at radius 3 is 2.32 bits per heavy atom. The molecule has 3 unspecified atom stereocenters. The quantitative estimate of drug-likeness (QED) is 0.574. The third-order valence-electron chi connectivity index (χ3n) is 9.14. The lowest BCUT2D eigenvalue weighted by atomic mass is 9.74. The van der Waals surface area contributed by atoms with Crippen LogP contribution in [0.15, 0.2) is 36.4 Å². The number of rotatable bonds is 6. The number of fused-ring (bicyclic) bond motifs is 1. The maximum absolute atomic E-state index is 14.2. The van der Waals surface area contributed by atoms with Crippen molar-refractivity contribution in [3.8, 4) is 5.75 Å². The number of carbonyl (C=O) groups is 3. The second kappa shape index (κ2) is 9.78. The van der Waals surface area contributed by atoms with Crippen LogP contribution in [0.5, 0.6) is 5.75 Å². The van der Waals surface area contributed by atoms with Crippen LogP contribution in [0.1, 0.15) is 64.2 Å². The van der Waals surface area contributed by atoms with Crippen LogP contribution in [0.25, 0.3) is 0 Å². The second-order valence-corrected chi connectivity index (χ2v) is 11.3. The van der Waals surface area contributed by atoms with E-state index in [1.807, 2.05) is 17.1 Å². The van der Waals surface area contributed by atoms with Gasteiger partial charge in [0.1, 0.15) is 17.4 Å². The lowest BCUT2D eigenvalue weighted by molar-refractivity contribution is -0.144. The number of hydrogen-bond acceptors (Lipinski definition) is 5. The third kappa shape index (κ3) is 4.13. The Kier molecular flexibility index (Phi) is 6.47. The van der Waals surface area contributed by atoms with Gasteiger partial charge < -0.3 is 25.0 Å². The van der Waals surface area contributed by atoms with Gasteiger partial charge in [0.25, 0.3) is 0 Å². The van der Waals surface area contributed by atoms with Crippen LogP contribution in [-0.2, 0) is 19.1 Å². The molecule has 2 saturated heterocycles. The monoisotopic (exact) mass is 507 g/mol. The minimum Gasteiger partial charge on any atom is -0.497 e. The van der Waals surface area contributed by atoms with Crippen molar-refractivity contribution < 1.29 is 23.9 Å². The van der Waals surface area contributed by atoms with E-state index < -0.39 is 29.6 Å². The summed E-state index contributed by atoms with van der Waals surface area (Å²) < 4.78 is 11.7. The average Bonchev–Trinajstić information content (AvgIpc) is 3.57. The fourth-order valence-corrected chi connectivity index (χ4v) is 7.39. The number of benzene rings is 1. The molecule has 8 nitrogen and oxygen atoms in total. The summed E-state index contributed by atoms with van der Waals surface area (Å²) in [5.41, 5.74) is -0.465. The highest BCUT2D eigenvalue weighted by Crippen LogP contribution is 2.56. The Labute approximate surface area is 218 Å². The maximum atomic E-state index is 14.2. The van der Waals surface area contributed by atoms with Gasteiger partial charge in [-0.25, -0.2) is 0 Å². The lowest BCUT2D eigenvalue weighted by Crippen LogP contribution is -2.58. The van der Waals surface area contributed by atoms with Gasteiger partial charge in [-0.1, -0.05) is 50.7 Å². The Hall–Kier alpha value is -2.87. The minimum atomic E-state index is -1.10. The normalized spacial score (nSPS) is 33.4. The molecule has 3 heterocycles. The summed E-state index contributed by atoms with van der Waals surface area (Å²) in [6.07, 6.45) is 13.6. The van der Waals surface area contributed by atoms with Crippen molar-refractivity contribution in [1.29, 1.82) is 0 Å². The van der Waals surface area contributed by atoms with Crippen molar-refractivity contribution in [2.45, 2.75) is 94.0 Å². The average molecular weight is 508 g/mol. The maximum Gasteiger partial charge on any atom is 0.246 e. The molecule has 2 bridgehead atoms. The first-order chi connectivity index (χ1) is 18.0. The number of carbonyl (C=O) groups excluding carboxylic acids is 3. The highest BCUT2D eigenvalue weighted by atomic mass is 16.5. The molecule has 3 aliphatic heterocycles. The van der Waals surface area contributed by atoms with Gasteiger partial charge >= 0.3 is 0 Å². The van der Waals surface area contributed by atoms with Gasteiger partial charge in [-0.05, 0) is 49.9 Å². The van der Waals surface area contributed by atoms with E-state index in [0.717, 1.165) is 57.8 Å². The van der Waals surface area contributed by atoms with E-state index in [1.54, 1.807) is 31.4 Å². The number of hydrogen-bond donors (Lipinski definition) is 2. The van der Waals surface area contributed by atoms with Crippen LogP contribution in [-0.4, -0.2) is 59.6 Å². The largest absolute Gasteiger partial charge is 0.497 e. The molecule has 0 radical (unpaired) electrons. The molecule has 2 saturated carbocycles. The molecule has 198 valence electrons. The summed E-state index contributed by atoms with van der Waals surface area (Å²) in [5.74, 6) is -1.18. The van der Waals surface area contributed by atoms with E-state index >= 15 is 0 Å². The number of nitrogens with one attached hydrogen (secondary N) is 2. The molecule has 0 aromatic heterocycles. The zero-order chi connectivity index (χ0) is 25.6. The summed E-state index contributed by atoms with van der Waals surface area (Å²) >= 11 is 0. The Balaban J connectivity index is 1.30. The number of amides is 3. The van der Waals surface area contributed by atoms with Gasteiger partial charge in [-0.2, -0.15) is 0 Å². The van der Waals surface area contributed by atoms with Crippen molar-refractivity contribution >= 4 is 23.4 Å². The van der Waals surface area contributed by atoms with Gasteiger partial charge in [0.05, 0.1) is 25.0 Å². The van der Waals surface area contributed by atoms with Crippen molar-refractivity contribution in [2.75, 3.05) is 12.4 Å². The number of ether oxygens (including phenoxy) is 2. The van der Waals surface area contributed by atoms with Gasteiger partial charge in [0.15, 0.2) is 0 Å². The predicted octanol–water partition coefficient (Wildman–Crippen LogP) is 3.57. The van der Waals surface area contributed by atoms with Crippen LogP contribution < -0.4 is 15.4 Å². The molecular formula is C29H37N3O5. The van der Waals surface area contributed by atoms with E-state index in [2.05, 4.69) is 10.6 Å². The fraction of sp³-hybridized carbons (Fsp3) is 0.621. The summed E-state index contributed by atoms with van der Waals surface area (Å²) in [5, 5.41) is 6.25. The van der Waals surface area contributed by atoms with Crippen LogP contribution in [0.2, 0.25) is 0 Å². The summed E-state index contributed by atoms with van der Waals surface area (Å²) in [4.78, 5) is 43.5. The third-order valence-corrected chi connectivity index (χ3v) is 9.14. The van der Waals surface area contributed by atoms with Gasteiger partial charge in [0.2, 0.25) is 17.7 Å². The highest BCUT2D eigenvalue weighted by molar-refractivity contribution is 6.03. The molecule has 5 aliphatic rings. The predicted molar refractivity (Wildman–Crippen MR) is 138 cm³/mol. The molecule has 4 fully saturated rings. The number of nitrogens with zero attached hydrogens (tertiary/aromatic N) is 1. The molecular weight excluding hydrogens is 470 g/mol. The van der Waals surface area contributed by atoms with E-state index in [0.29, 0.717) is 11.4 Å². The van der Waals surface area contributed by atoms with Gasteiger partial charge in [-0.3, -0.25) is 14.4 Å². The van der Waals surface area contributed by atoms with E-state index in [-0.39, 0.29) is 29.8 Å². The Bertz CT molecular complexity index is 1080. The van der Waals surface area contributed by atoms with Gasteiger partial charge in [0, 0.05) is 17.8 Å². The van der Waals surface area contributed by atoms with E-state index in [9.17, 15) is 14.4 Å². The molecule has 5 atom stereocenters.